The molecule has 2 rings (SSSR count). The van der Waals surface area contributed by atoms with Crippen LogP contribution in [0.1, 0.15) is 15.9 Å². The highest BCUT2D eigenvalue weighted by atomic mass is 32.2. The van der Waals surface area contributed by atoms with Gasteiger partial charge >= 0.3 is 6.03 Å². The van der Waals surface area contributed by atoms with E-state index in [9.17, 15) is 9.59 Å². The number of benzene rings is 1. The van der Waals surface area contributed by atoms with Gasteiger partial charge < -0.3 is 16.5 Å². The number of aromatic nitrogens is 1. The maximum atomic E-state index is 11.5. The number of aromatic amines is 1. The molecule has 0 bridgehead atoms. The number of amides is 3. The summed E-state index contributed by atoms with van der Waals surface area (Å²) in [5, 5.41) is 3.04. The van der Waals surface area contributed by atoms with Gasteiger partial charge in [-0.25, -0.2) is 4.79 Å². The molecule has 2 aromatic rings. The van der Waals surface area contributed by atoms with Crippen LogP contribution in [0, 0.1) is 0 Å². The Hall–Kier alpha value is -2.15. The second kappa shape index (κ2) is 5.23. The van der Waals surface area contributed by atoms with Crippen molar-refractivity contribution < 1.29 is 9.59 Å². The van der Waals surface area contributed by atoms with Crippen LogP contribution in [0.4, 0.5) is 10.6 Å². The van der Waals surface area contributed by atoms with E-state index in [0.717, 1.165) is 16.8 Å². The molecule has 0 atom stereocenters. The Morgan fingerprint density at radius 3 is 2.68 bits per heavy atom. The Morgan fingerprint density at radius 1 is 1.37 bits per heavy atom. The largest absolute Gasteiger partial charge is 0.365 e. The molecular weight excluding hydrogens is 264 g/mol. The highest BCUT2D eigenvalue weighted by Crippen LogP contribution is 2.27. The molecule has 1 aromatic carbocycles. The maximum Gasteiger partial charge on any atom is 0.317 e. The quantitative estimate of drug-likeness (QED) is 0.681. The molecule has 19 heavy (non-hydrogen) atoms. The number of hydrogen-bond donors (Lipinski definition) is 4. The van der Waals surface area contributed by atoms with Gasteiger partial charge in [-0.3, -0.25) is 10.1 Å². The zero-order valence-corrected chi connectivity index (χ0v) is 11.1. The summed E-state index contributed by atoms with van der Waals surface area (Å²) in [5.41, 5.74) is 12.5. The minimum Gasteiger partial charge on any atom is -0.365 e. The molecule has 0 aliphatic carbocycles. The SMILES string of the molecule is CSCc1ccc2c(C(N)=O)c(NC(N)=O)[nH]c2c1. The summed E-state index contributed by atoms with van der Waals surface area (Å²) >= 11 is 1.70. The molecule has 0 spiro atoms. The molecule has 6 N–H and O–H groups in total. The van der Waals surface area contributed by atoms with Crippen molar-refractivity contribution in [2.45, 2.75) is 5.75 Å². The first-order chi connectivity index (χ1) is 9.02. The molecule has 0 saturated carbocycles. The van der Waals surface area contributed by atoms with Gasteiger partial charge in [0.1, 0.15) is 5.82 Å². The molecule has 0 radical (unpaired) electrons. The monoisotopic (exact) mass is 278 g/mol. The van der Waals surface area contributed by atoms with E-state index in [2.05, 4.69) is 10.3 Å². The molecule has 100 valence electrons. The van der Waals surface area contributed by atoms with E-state index in [1.54, 1.807) is 11.8 Å². The lowest BCUT2D eigenvalue weighted by Crippen LogP contribution is -2.22. The van der Waals surface area contributed by atoms with Gasteiger partial charge in [0.25, 0.3) is 5.91 Å². The van der Waals surface area contributed by atoms with Crippen LogP contribution in [0.3, 0.4) is 0 Å². The van der Waals surface area contributed by atoms with E-state index in [-0.39, 0.29) is 11.4 Å². The van der Waals surface area contributed by atoms with Gasteiger partial charge in [-0.2, -0.15) is 11.8 Å². The Kier molecular flexibility index (Phi) is 3.66. The van der Waals surface area contributed by atoms with Crippen molar-refractivity contribution in [3.63, 3.8) is 0 Å². The lowest BCUT2D eigenvalue weighted by Gasteiger charge is -2.00. The maximum absolute atomic E-state index is 11.5. The average Bonchev–Trinajstić information content (AvgIpc) is 2.65. The molecular formula is C12H14N4O2S. The van der Waals surface area contributed by atoms with Crippen molar-refractivity contribution in [3.8, 4) is 0 Å². The van der Waals surface area contributed by atoms with Crippen LogP contribution in [0.15, 0.2) is 18.2 Å². The minimum atomic E-state index is -0.751. The number of anilines is 1. The fraction of sp³-hybridized carbons (Fsp3) is 0.167. The van der Waals surface area contributed by atoms with E-state index in [0.29, 0.717) is 5.39 Å². The number of thioether (sulfide) groups is 1. The van der Waals surface area contributed by atoms with Gasteiger partial charge in [-0.05, 0) is 17.9 Å². The second-order valence-corrected chi connectivity index (χ2v) is 4.91. The van der Waals surface area contributed by atoms with Gasteiger partial charge in [-0.15, -0.1) is 0 Å². The van der Waals surface area contributed by atoms with Crippen LogP contribution < -0.4 is 16.8 Å². The van der Waals surface area contributed by atoms with Crippen molar-refractivity contribution in [2.24, 2.45) is 11.5 Å². The fourth-order valence-electron chi connectivity index (χ4n) is 1.97. The average molecular weight is 278 g/mol. The summed E-state index contributed by atoms with van der Waals surface area (Å²) in [6.07, 6.45) is 2.01. The van der Waals surface area contributed by atoms with Crippen molar-refractivity contribution in [3.05, 3.63) is 29.3 Å². The Balaban J connectivity index is 2.58. The van der Waals surface area contributed by atoms with Gasteiger partial charge in [0, 0.05) is 16.7 Å². The third kappa shape index (κ3) is 2.65. The van der Waals surface area contributed by atoms with E-state index in [1.807, 2.05) is 24.5 Å². The lowest BCUT2D eigenvalue weighted by atomic mass is 10.1. The Bertz CT molecular complexity index is 650. The second-order valence-electron chi connectivity index (χ2n) is 4.04. The number of hydrogen-bond acceptors (Lipinski definition) is 3. The number of carbonyl (C=O) groups excluding carboxylic acids is 2. The Morgan fingerprint density at radius 2 is 2.11 bits per heavy atom. The van der Waals surface area contributed by atoms with Crippen LogP contribution in [0.5, 0.6) is 0 Å². The number of H-pyrrole nitrogens is 1. The van der Waals surface area contributed by atoms with Crippen LogP contribution in [-0.2, 0) is 5.75 Å². The van der Waals surface area contributed by atoms with E-state index in [4.69, 9.17) is 11.5 Å². The van der Waals surface area contributed by atoms with Crippen LogP contribution in [0.2, 0.25) is 0 Å². The topological polar surface area (TPSA) is 114 Å². The first-order valence-electron chi connectivity index (χ1n) is 5.52. The minimum absolute atomic E-state index is 0.233. The molecule has 3 amide bonds. The molecule has 7 heteroatoms. The van der Waals surface area contributed by atoms with Crippen LogP contribution >= 0.6 is 11.8 Å². The summed E-state index contributed by atoms with van der Waals surface area (Å²) < 4.78 is 0. The number of carbonyl (C=O) groups is 2. The summed E-state index contributed by atoms with van der Waals surface area (Å²) in [4.78, 5) is 25.4. The standard InChI is InChI=1S/C12H14N4O2S/c1-19-5-6-2-3-7-8(4-6)15-11(16-12(14)18)9(7)10(13)17/h2-4,15H,5H2,1H3,(H2,13,17)(H3,14,16,18). The van der Waals surface area contributed by atoms with Crippen molar-refractivity contribution in [2.75, 3.05) is 11.6 Å². The smallest absolute Gasteiger partial charge is 0.317 e. The normalized spacial score (nSPS) is 10.6. The Labute approximate surface area is 113 Å². The van der Waals surface area contributed by atoms with Gasteiger partial charge in [-0.1, -0.05) is 12.1 Å². The third-order valence-corrected chi connectivity index (χ3v) is 3.29. The molecule has 6 nitrogen and oxygen atoms in total. The molecule has 0 saturated heterocycles. The predicted octanol–water partition coefficient (Wildman–Crippen LogP) is 1.62. The molecule has 1 heterocycles. The van der Waals surface area contributed by atoms with Crippen LogP contribution in [-0.4, -0.2) is 23.2 Å². The highest BCUT2D eigenvalue weighted by Gasteiger charge is 2.17. The summed E-state index contributed by atoms with van der Waals surface area (Å²) in [5.74, 6) is 0.475. The highest BCUT2D eigenvalue weighted by molar-refractivity contribution is 7.97. The first-order valence-corrected chi connectivity index (χ1v) is 6.92. The zero-order chi connectivity index (χ0) is 14.0. The van der Waals surface area contributed by atoms with Crippen molar-refractivity contribution in [1.82, 2.24) is 4.98 Å². The third-order valence-electron chi connectivity index (χ3n) is 2.67. The molecule has 0 fully saturated rings. The van der Waals surface area contributed by atoms with Gasteiger partial charge in [0.15, 0.2) is 0 Å². The van der Waals surface area contributed by atoms with Gasteiger partial charge in [0.2, 0.25) is 0 Å². The summed E-state index contributed by atoms with van der Waals surface area (Å²) in [6, 6.07) is 4.90. The van der Waals surface area contributed by atoms with E-state index >= 15 is 0 Å². The number of urea groups is 1. The number of fused-ring (bicyclic) bond motifs is 1. The van der Waals surface area contributed by atoms with Crippen LogP contribution in [0.25, 0.3) is 10.9 Å². The molecule has 0 aliphatic heterocycles. The predicted molar refractivity (Wildman–Crippen MR) is 77.2 cm³/mol. The number of rotatable bonds is 4. The first kappa shape index (κ1) is 13.3. The number of primary amides is 2. The number of nitrogens with one attached hydrogen (secondary N) is 2. The van der Waals surface area contributed by atoms with E-state index < -0.39 is 11.9 Å². The van der Waals surface area contributed by atoms with Crippen molar-refractivity contribution in [1.29, 1.82) is 0 Å². The van der Waals surface area contributed by atoms with E-state index in [1.165, 1.54) is 0 Å². The zero-order valence-electron chi connectivity index (χ0n) is 10.3. The van der Waals surface area contributed by atoms with Gasteiger partial charge in [0.05, 0.1) is 5.56 Å². The molecule has 0 unspecified atom stereocenters. The van der Waals surface area contributed by atoms with Crippen molar-refractivity contribution >= 4 is 40.4 Å². The molecule has 0 aliphatic rings. The summed E-state index contributed by atoms with van der Waals surface area (Å²) in [7, 11) is 0. The molecule has 1 aromatic heterocycles. The summed E-state index contributed by atoms with van der Waals surface area (Å²) in [6.45, 7) is 0. The lowest BCUT2D eigenvalue weighted by molar-refractivity contribution is 0.100. The fourth-order valence-corrected chi connectivity index (χ4v) is 2.49. The number of nitrogens with two attached hydrogens (primary N) is 2.